The zero-order valence-corrected chi connectivity index (χ0v) is 18.1. The minimum Gasteiger partial charge on any atom is -0.473 e. The Morgan fingerprint density at radius 1 is 1.12 bits per heavy atom. The molecular weight excluding hydrogens is 439 g/mol. The first-order valence-corrected chi connectivity index (χ1v) is 8.73. The summed E-state index contributed by atoms with van der Waals surface area (Å²) in [5.41, 5.74) is 2.23. The molecule has 1 aromatic carbocycles. The van der Waals surface area contributed by atoms with Crippen molar-refractivity contribution >= 4 is 29.9 Å². The van der Waals surface area contributed by atoms with Gasteiger partial charge in [0.15, 0.2) is 5.96 Å². The molecule has 0 unspecified atom stereocenters. The van der Waals surface area contributed by atoms with Gasteiger partial charge in [-0.15, -0.1) is 24.0 Å². The fourth-order valence-electron chi connectivity index (χ4n) is 2.26. The molecule has 0 saturated carbocycles. The van der Waals surface area contributed by atoms with Crippen molar-refractivity contribution < 1.29 is 4.74 Å². The van der Waals surface area contributed by atoms with Crippen molar-refractivity contribution in [2.75, 3.05) is 13.6 Å². The summed E-state index contributed by atoms with van der Waals surface area (Å²) in [5, 5.41) is 6.64. The first-order chi connectivity index (χ1) is 12.2. The Morgan fingerprint density at radius 2 is 1.88 bits per heavy atom. The lowest BCUT2D eigenvalue weighted by Crippen LogP contribution is -2.37. The van der Waals surface area contributed by atoms with Crippen LogP contribution in [-0.4, -0.2) is 24.5 Å². The van der Waals surface area contributed by atoms with Gasteiger partial charge in [0.25, 0.3) is 0 Å². The molecule has 0 saturated heterocycles. The van der Waals surface area contributed by atoms with Crippen molar-refractivity contribution in [3.63, 3.8) is 0 Å². The Bertz CT molecular complexity index is 662. The lowest BCUT2D eigenvalue weighted by Gasteiger charge is -2.13. The van der Waals surface area contributed by atoms with E-state index in [-0.39, 0.29) is 24.0 Å². The molecule has 1 aromatic heterocycles. The molecule has 0 aliphatic carbocycles. The maximum absolute atomic E-state index is 5.77. The van der Waals surface area contributed by atoms with Crippen molar-refractivity contribution in [2.45, 2.75) is 33.4 Å². The largest absolute Gasteiger partial charge is 0.473 e. The smallest absolute Gasteiger partial charge is 0.213 e. The van der Waals surface area contributed by atoms with E-state index in [1.54, 1.807) is 13.2 Å². The van der Waals surface area contributed by atoms with Crippen LogP contribution in [0.2, 0.25) is 0 Å². The maximum atomic E-state index is 5.77. The Labute approximate surface area is 173 Å². The van der Waals surface area contributed by atoms with E-state index in [0.717, 1.165) is 30.1 Å². The van der Waals surface area contributed by atoms with Gasteiger partial charge in [-0.05, 0) is 29.5 Å². The van der Waals surface area contributed by atoms with Gasteiger partial charge in [-0.2, -0.15) is 0 Å². The third kappa shape index (κ3) is 8.51. The summed E-state index contributed by atoms with van der Waals surface area (Å²) in [4.78, 5) is 8.52. The summed E-state index contributed by atoms with van der Waals surface area (Å²) in [7, 11) is 1.78. The molecule has 142 valence electrons. The molecule has 2 aromatic rings. The number of rotatable bonds is 8. The lowest BCUT2D eigenvalue weighted by molar-refractivity contribution is 0.293. The molecule has 0 bridgehead atoms. The van der Waals surface area contributed by atoms with E-state index < -0.39 is 0 Å². The molecule has 2 N–H and O–H groups in total. The van der Waals surface area contributed by atoms with Gasteiger partial charge in [0.1, 0.15) is 6.61 Å². The SMILES string of the molecule is CN=C(NCCC(C)C)NCc1ccnc(OCc2ccccc2)c1.I. The van der Waals surface area contributed by atoms with Gasteiger partial charge >= 0.3 is 0 Å². The highest BCUT2D eigenvalue weighted by Crippen LogP contribution is 2.11. The Morgan fingerprint density at radius 3 is 2.58 bits per heavy atom. The van der Waals surface area contributed by atoms with E-state index in [2.05, 4.69) is 34.5 Å². The molecule has 5 nitrogen and oxygen atoms in total. The predicted molar refractivity (Wildman–Crippen MR) is 118 cm³/mol. The molecule has 0 fully saturated rings. The monoisotopic (exact) mass is 468 g/mol. The summed E-state index contributed by atoms with van der Waals surface area (Å²) in [5.74, 6) is 2.12. The number of nitrogens with one attached hydrogen (secondary N) is 2. The molecule has 0 aliphatic heterocycles. The second-order valence-corrected chi connectivity index (χ2v) is 6.31. The van der Waals surface area contributed by atoms with Crippen LogP contribution >= 0.6 is 24.0 Å². The summed E-state index contributed by atoms with van der Waals surface area (Å²) >= 11 is 0. The first kappa shape index (κ1) is 22.2. The van der Waals surface area contributed by atoms with Gasteiger partial charge in [0, 0.05) is 32.4 Å². The van der Waals surface area contributed by atoms with Crippen LogP contribution in [0, 0.1) is 5.92 Å². The molecule has 0 atom stereocenters. The number of pyridine rings is 1. The maximum Gasteiger partial charge on any atom is 0.213 e. The molecule has 0 aliphatic rings. The van der Waals surface area contributed by atoms with E-state index >= 15 is 0 Å². The number of aliphatic imine (C=N–C) groups is 1. The third-order valence-electron chi connectivity index (χ3n) is 3.73. The number of guanidine groups is 1. The molecule has 6 heteroatoms. The minimum atomic E-state index is 0. The van der Waals surface area contributed by atoms with E-state index in [1.807, 2.05) is 42.5 Å². The van der Waals surface area contributed by atoms with Crippen LogP contribution < -0.4 is 15.4 Å². The summed E-state index contributed by atoms with van der Waals surface area (Å²) in [6.07, 6.45) is 2.89. The number of hydrogen-bond donors (Lipinski definition) is 2. The highest BCUT2D eigenvalue weighted by molar-refractivity contribution is 14.0. The van der Waals surface area contributed by atoms with Gasteiger partial charge in [-0.3, -0.25) is 4.99 Å². The number of halogens is 1. The molecule has 2 rings (SSSR count). The Kier molecular flexibility index (Phi) is 10.7. The van der Waals surface area contributed by atoms with E-state index in [0.29, 0.717) is 24.9 Å². The average Bonchev–Trinajstić information content (AvgIpc) is 2.64. The predicted octanol–water partition coefficient (Wildman–Crippen LogP) is 3.99. The molecule has 0 spiro atoms. The summed E-state index contributed by atoms with van der Waals surface area (Å²) in [6, 6.07) is 14.0. The summed E-state index contributed by atoms with van der Waals surface area (Å²) < 4.78 is 5.77. The molecule has 0 amide bonds. The van der Waals surface area contributed by atoms with Gasteiger partial charge in [-0.1, -0.05) is 44.2 Å². The van der Waals surface area contributed by atoms with Gasteiger partial charge < -0.3 is 15.4 Å². The Hall–Kier alpha value is -1.83. The van der Waals surface area contributed by atoms with Crippen molar-refractivity contribution in [3.05, 3.63) is 59.8 Å². The van der Waals surface area contributed by atoms with Crippen LogP contribution in [0.25, 0.3) is 0 Å². The van der Waals surface area contributed by atoms with Crippen molar-refractivity contribution in [3.8, 4) is 5.88 Å². The average molecular weight is 468 g/mol. The van der Waals surface area contributed by atoms with Crippen molar-refractivity contribution in [2.24, 2.45) is 10.9 Å². The van der Waals surface area contributed by atoms with Gasteiger partial charge in [0.2, 0.25) is 5.88 Å². The minimum absolute atomic E-state index is 0. The second kappa shape index (κ2) is 12.5. The normalized spacial score (nSPS) is 11.0. The van der Waals surface area contributed by atoms with Crippen molar-refractivity contribution in [1.82, 2.24) is 15.6 Å². The second-order valence-electron chi connectivity index (χ2n) is 6.31. The van der Waals surface area contributed by atoms with Crippen LogP contribution in [0.4, 0.5) is 0 Å². The highest BCUT2D eigenvalue weighted by atomic mass is 127. The molecule has 0 radical (unpaired) electrons. The number of ether oxygens (including phenoxy) is 1. The molecule has 1 heterocycles. The van der Waals surface area contributed by atoms with E-state index in [1.165, 1.54) is 0 Å². The number of hydrogen-bond acceptors (Lipinski definition) is 3. The fourth-order valence-corrected chi connectivity index (χ4v) is 2.26. The van der Waals surface area contributed by atoms with E-state index in [9.17, 15) is 0 Å². The van der Waals surface area contributed by atoms with Crippen LogP contribution in [0.3, 0.4) is 0 Å². The fraction of sp³-hybridized carbons (Fsp3) is 0.400. The van der Waals surface area contributed by atoms with Crippen LogP contribution in [-0.2, 0) is 13.2 Å². The van der Waals surface area contributed by atoms with Gasteiger partial charge in [-0.25, -0.2) is 4.98 Å². The molecular formula is C20H29IN4O. The Balaban J connectivity index is 0.00000338. The molecule has 26 heavy (non-hydrogen) atoms. The summed E-state index contributed by atoms with van der Waals surface area (Å²) in [6.45, 7) is 6.53. The van der Waals surface area contributed by atoms with E-state index in [4.69, 9.17) is 4.74 Å². The van der Waals surface area contributed by atoms with Gasteiger partial charge in [0.05, 0.1) is 0 Å². The topological polar surface area (TPSA) is 58.5 Å². The number of benzene rings is 1. The quantitative estimate of drug-likeness (QED) is 0.350. The number of aromatic nitrogens is 1. The van der Waals surface area contributed by atoms with Crippen molar-refractivity contribution in [1.29, 1.82) is 0 Å². The van der Waals surface area contributed by atoms with Crippen LogP contribution in [0.1, 0.15) is 31.4 Å². The number of nitrogens with zero attached hydrogens (tertiary/aromatic N) is 2. The van der Waals surface area contributed by atoms with Crippen LogP contribution in [0.15, 0.2) is 53.7 Å². The third-order valence-corrected chi connectivity index (χ3v) is 3.73. The standard InChI is InChI=1S/C20H28N4O.HI/c1-16(2)9-11-23-20(21-3)24-14-18-10-12-22-19(13-18)25-15-17-7-5-4-6-8-17;/h4-8,10,12-13,16H,9,11,14-15H2,1-3H3,(H2,21,23,24);1H. The highest BCUT2D eigenvalue weighted by Gasteiger charge is 2.02. The van der Waals surface area contributed by atoms with Crippen LogP contribution in [0.5, 0.6) is 5.88 Å². The first-order valence-electron chi connectivity index (χ1n) is 8.73. The zero-order chi connectivity index (χ0) is 17.9. The lowest BCUT2D eigenvalue weighted by atomic mass is 10.1. The zero-order valence-electron chi connectivity index (χ0n) is 15.7.